The number of hydrogen-bond acceptors (Lipinski definition) is 6. The van der Waals surface area contributed by atoms with Crippen LogP contribution < -0.4 is 10.1 Å². The van der Waals surface area contributed by atoms with Gasteiger partial charge in [-0.15, -0.1) is 10.2 Å². The average molecular weight is 414 g/mol. The summed E-state index contributed by atoms with van der Waals surface area (Å²) in [6.45, 7) is 5.89. The van der Waals surface area contributed by atoms with Gasteiger partial charge in [-0.05, 0) is 43.5 Å². The Bertz CT molecular complexity index is 908. The second-order valence-electron chi connectivity index (χ2n) is 6.39. The number of aromatic nitrogens is 2. The molecule has 0 aliphatic carbocycles. The third-order valence-electron chi connectivity index (χ3n) is 4.13. The summed E-state index contributed by atoms with van der Waals surface area (Å²) >= 11 is 2.97. The number of benzene rings is 2. The van der Waals surface area contributed by atoms with Crippen LogP contribution in [0.25, 0.3) is 0 Å². The van der Waals surface area contributed by atoms with E-state index >= 15 is 0 Å². The second kappa shape index (κ2) is 9.71. The van der Waals surface area contributed by atoms with Gasteiger partial charge in [0.15, 0.2) is 10.4 Å². The normalized spacial score (nSPS) is 11.8. The van der Waals surface area contributed by atoms with Crippen LogP contribution in [0.1, 0.15) is 30.5 Å². The quantitative estimate of drug-likeness (QED) is 0.411. The number of hydrogen-bond donors (Lipinski definition) is 1. The van der Waals surface area contributed by atoms with Crippen molar-refractivity contribution in [2.24, 2.45) is 0 Å². The van der Waals surface area contributed by atoms with Crippen LogP contribution in [0.3, 0.4) is 0 Å². The Labute approximate surface area is 173 Å². The molecule has 1 unspecified atom stereocenters. The van der Waals surface area contributed by atoms with Crippen molar-refractivity contribution in [2.75, 3.05) is 5.32 Å². The molecule has 0 bridgehead atoms. The van der Waals surface area contributed by atoms with Crippen molar-refractivity contribution in [2.45, 2.75) is 43.4 Å². The van der Waals surface area contributed by atoms with Crippen molar-refractivity contribution >= 4 is 34.1 Å². The summed E-state index contributed by atoms with van der Waals surface area (Å²) in [5, 5.41) is 11.5. The maximum Gasteiger partial charge on any atom is 0.266 e. The monoisotopic (exact) mass is 413 g/mol. The number of anilines is 1. The number of rotatable bonds is 8. The molecule has 1 heterocycles. The van der Waals surface area contributed by atoms with Gasteiger partial charge in [-0.2, -0.15) is 0 Å². The molecule has 2 aromatic carbocycles. The first-order valence-corrected chi connectivity index (χ1v) is 10.9. The van der Waals surface area contributed by atoms with Crippen molar-refractivity contribution in [3.63, 3.8) is 0 Å². The number of aryl methyl sites for hydroxylation is 2. The lowest BCUT2D eigenvalue weighted by Gasteiger charge is -2.13. The zero-order valence-electron chi connectivity index (χ0n) is 16.1. The third kappa shape index (κ3) is 5.81. The van der Waals surface area contributed by atoms with Gasteiger partial charge in [-0.1, -0.05) is 72.0 Å². The molecule has 1 atom stereocenters. The fraction of sp³-hybridized carbons (Fsp3) is 0.286. The maximum atomic E-state index is 12.4. The van der Waals surface area contributed by atoms with E-state index in [1.54, 1.807) is 18.7 Å². The molecule has 1 amide bonds. The first-order valence-electron chi connectivity index (χ1n) is 9.12. The number of nitrogens with one attached hydrogen (secondary N) is 1. The topological polar surface area (TPSA) is 64.1 Å². The third-order valence-corrected chi connectivity index (χ3v) is 6.18. The molecular formula is C21H23N3O2S2. The molecule has 28 heavy (non-hydrogen) atoms. The van der Waals surface area contributed by atoms with E-state index in [-0.39, 0.29) is 5.91 Å². The molecule has 146 valence electrons. The summed E-state index contributed by atoms with van der Waals surface area (Å²) in [5.74, 6) is 1.24. The fourth-order valence-electron chi connectivity index (χ4n) is 2.42. The van der Waals surface area contributed by atoms with Crippen LogP contribution in [-0.2, 0) is 17.0 Å². The zero-order valence-corrected chi connectivity index (χ0v) is 17.8. The number of ether oxygens (including phenoxy) is 1. The Kier molecular flexibility index (Phi) is 7.06. The highest BCUT2D eigenvalue weighted by atomic mass is 32.2. The fourth-order valence-corrected chi connectivity index (χ4v) is 4.13. The van der Waals surface area contributed by atoms with Crippen LogP contribution in [0.5, 0.6) is 5.75 Å². The van der Waals surface area contributed by atoms with Crippen LogP contribution in [0.2, 0.25) is 0 Å². The standard InChI is InChI=1S/C21H23N3O2S2/c1-4-16-9-11-18(12-10-16)26-15(3)19(25)22-20-23-24-21(28-20)27-13-17-7-5-14(2)6-8-17/h5-12,15H,4,13H2,1-3H3,(H,22,23,25). The molecule has 0 aliphatic rings. The molecule has 0 fully saturated rings. The highest BCUT2D eigenvalue weighted by Crippen LogP contribution is 2.28. The predicted molar refractivity (Wildman–Crippen MR) is 115 cm³/mol. The van der Waals surface area contributed by atoms with E-state index in [0.29, 0.717) is 10.9 Å². The minimum Gasteiger partial charge on any atom is -0.481 e. The highest BCUT2D eigenvalue weighted by molar-refractivity contribution is 8.00. The number of nitrogens with zero attached hydrogens (tertiary/aromatic N) is 2. The molecule has 0 radical (unpaired) electrons. The van der Waals surface area contributed by atoms with Gasteiger partial charge in [0.05, 0.1) is 0 Å². The van der Waals surface area contributed by atoms with Crippen molar-refractivity contribution in [1.82, 2.24) is 10.2 Å². The van der Waals surface area contributed by atoms with E-state index in [9.17, 15) is 4.79 Å². The summed E-state index contributed by atoms with van der Waals surface area (Å²) in [7, 11) is 0. The zero-order chi connectivity index (χ0) is 19.9. The lowest BCUT2D eigenvalue weighted by Crippen LogP contribution is -2.30. The largest absolute Gasteiger partial charge is 0.481 e. The van der Waals surface area contributed by atoms with E-state index in [0.717, 1.165) is 16.5 Å². The van der Waals surface area contributed by atoms with Gasteiger partial charge in [0.25, 0.3) is 5.91 Å². The molecule has 3 aromatic rings. The Morgan fingerprint density at radius 1 is 1.11 bits per heavy atom. The second-order valence-corrected chi connectivity index (χ2v) is 8.59. The average Bonchev–Trinajstić information content (AvgIpc) is 3.15. The predicted octanol–water partition coefficient (Wildman–Crippen LogP) is 5.11. The first-order chi connectivity index (χ1) is 13.5. The summed E-state index contributed by atoms with van der Waals surface area (Å²) < 4.78 is 6.53. The number of carbonyl (C=O) groups excluding carboxylic acids is 1. The van der Waals surface area contributed by atoms with Crippen molar-refractivity contribution < 1.29 is 9.53 Å². The van der Waals surface area contributed by atoms with Crippen LogP contribution in [-0.4, -0.2) is 22.2 Å². The number of thioether (sulfide) groups is 1. The van der Waals surface area contributed by atoms with E-state index in [4.69, 9.17) is 4.74 Å². The SMILES string of the molecule is CCc1ccc(OC(C)C(=O)Nc2nnc(SCc3ccc(C)cc3)s2)cc1. The van der Waals surface area contributed by atoms with E-state index in [1.807, 2.05) is 24.3 Å². The number of carbonyl (C=O) groups is 1. The molecule has 0 saturated heterocycles. The van der Waals surface area contributed by atoms with Gasteiger partial charge in [0, 0.05) is 5.75 Å². The van der Waals surface area contributed by atoms with Gasteiger partial charge >= 0.3 is 0 Å². The Hall–Kier alpha value is -2.38. The van der Waals surface area contributed by atoms with E-state index < -0.39 is 6.10 Å². The summed E-state index contributed by atoms with van der Waals surface area (Å²) in [4.78, 5) is 12.4. The van der Waals surface area contributed by atoms with Crippen molar-refractivity contribution in [3.8, 4) is 5.75 Å². The van der Waals surface area contributed by atoms with Crippen LogP contribution >= 0.6 is 23.1 Å². The molecule has 0 saturated carbocycles. The first kappa shape index (κ1) is 20.4. The van der Waals surface area contributed by atoms with Crippen LogP contribution in [0.15, 0.2) is 52.9 Å². The van der Waals surface area contributed by atoms with E-state index in [1.165, 1.54) is 28.0 Å². The van der Waals surface area contributed by atoms with Crippen molar-refractivity contribution in [1.29, 1.82) is 0 Å². The minimum atomic E-state index is -0.625. The molecule has 0 spiro atoms. The summed E-state index contributed by atoms with van der Waals surface area (Å²) in [6, 6.07) is 16.2. The van der Waals surface area contributed by atoms with Crippen LogP contribution in [0, 0.1) is 6.92 Å². The Balaban J connectivity index is 1.50. The molecule has 1 aromatic heterocycles. The molecular weight excluding hydrogens is 390 g/mol. The Morgan fingerprint density at radius 3 is 2.46 bits per heavy atom. The van der Waals surface area contributed by atoms with Gasteiger partial charge in [-0.3, -0.25) is 10.1 Å². The van der Waals surface area contributed by atoms with Crippen LogP contribution in [0.4, 0.5) is 5.13 Å². The number of amides is 1. The molecule has 1 N–H and O–H groups in total. The van der Waals surface area contributed by atoms with Gasteiger partial charge in [0.1, 0.15) is 5.75 Å². The maximum absolute atomic E-state index is 12.4. The van der Waals surface area contributed by atoms with Gasteiger partial charge in [0.2, 0.25) is 5.13 Å². The Morgan fingerprint density at radius 2 is 1.79 bits per heavy atom. The highest BCUT2D eigenvalue weighted by Gasteiger charge is 2.17. The van der Waals surface area contributed by atoms with Gasteiger partial charge < -0.3 is 4.74 Å². The molecule has 7 heteroatoms. The smallest absolute Gasteiger partial charge is 0.266 e. The van der Waals surface area contributed by atoms with E-state index in [2.05, 4.69) is 53.6 Å². The molecule has 5 nitrogen and oxygen atoms in total. The lowest BCUT2D eigenvalue weighted by molar-refractivity contribution is -0.122. The summed E-state index contributed by atoms with van der Waals surface area (Å²) in [6.07, 6.45) is 0.345. The molecule has 0 aliphatic heterocycles. The summed E-state index contributed by atoms with van der Waals surface area (Å²) in [5.41, 5.74) is 3.70. The van der Waals surface area contributed by atoms with Gasteiger partial charge in [-0.25, -0.2) is 0 Å². The lowest BCUT2D eigenvalue weighted by atomic mass is 10.2. The minimum absolute atomic E-state index is 0.245. The molecule has 3 rings (SSSR count). The van der Waals surface area contributed by atoms with Crippen molar-refractivity contribution in [3.05, 3.63) is 65.2 Å².